The zero-order valence-corrected chi connectivity index (χ0v) is 8.78. The quantitative estimate of drug-likeness (QED) is 0.710. The topological polar surface area (TPSA) is 38.5 Å². The van der Waals surface area contributed by atoms with Gasteiger partial charge in [-0.3, -0.25) is 4.84 Å². The van der Waals surface area contributed by atoms with Crippen molar-refractivity contribution in [3.63, 3.8) is 0 Å². The molecule has 0 aromatic heterocycles. The Balaban J connectivity index is 1.90. The molecule has 3 rings (SSSR count). The first-order chi connectivity index (χ1) is 7.34. The maximum atomic E-state index is 5.78. The monoisotopic (exact) mass is 204 g/mol. The fourth-order valence-electron chi connectivity index (χ4n) is 2.63. The third-order valence-electron chi connectivity index (χ3n) is 3.34. The number of rotatable bonds is 1. The van der Waals surface area contributed by atoms with Crippen molar-refractivity contribution in [3.05, 3.63) is 29.3 Å². The highest BCUT2D eigenvalue weighted by Crippen LogP contribution is 2.37. The van der Waals surface area contributed by atoms with Gasteiger partial charge in [-0.1, -0.05) is 6.07 Å². The molecule has 3 heteroatoms. The molecule has 1 aliphatic carbocycles. The van der Waals surface area contributed by atoms with Gasteiger partial charge in [0.2, 0.25) is 0 Å². The smallest absolute Gasteiger partial charge is 0.0698 e. The molecule has 0 saturated carbocycles. The van der Waals surface area contributed by atoms with Gasteiger partial charge in [0.05, 0.1) is 12.6 Å². The van der Waals surface area contributed by atoms with E-state index in [0.717, 1.165) is 31.7 Å². The van der Waals surface area contributed by atoms with Gasteiger partial charge in [-0.15, -0.1) is 0 Å². The zero-order chi connectivity index (χ0) is 10.3. The molecule has 0 bridgehead atoms. The SMILES string of the molecule is Nc1ccc2c(c1)CCC2N1CCCO1. The van der Waals surface area contributed by atoms with E-state index in [1.807, 2.05) is 6.07 Å². The van der Waals surface area contributed by atoms with Crippen LogP contribution in [-0.4, -0.2) is 18.2 Å². The normalized spacial score (nSPS) is 25.7. The Morgan fingerprint density at radius 3 is 3.13 bits per heavy atom. The minimum atomic E-state index is 0.461. The highest BCUT2D eigenvalue weighted by molar-refractivity contribution is 5.47. The molecule has 0 spiro atoms. The molecule has 0 radical (unpaired) electrons. The predicted octanol–water partition coefficient (Wildman–Crippen LogP) is 1.89. The molecule has 1 aliphatic heterocycles. The second kappa shape index (κ2) is 3.51. The van der Waals surface area contributed by atoms with Gasteiger partial charge >= 0.3 is 0 Å². The van der Waals surface area contributed by atoms with Crippen molar-refractivity contribution in [1.29, 1.82) is 0 Å². The van der Waals surface area contributed by atoms with Gasteiger partial charge in [0, 0.05) is 12.2 Å². The molecular weight excluding hydrogens is 188 g/mol. The highest BCUT2D eigenvalue weighted by atomic mass is 16.7. The van der Waals surface area contributed by atoms with Crippen molar-refractivity contribution in [3.8, 4) is 0 Å². The molecule has 0 amide bonds. The maximum Gasteiger partial charge on any atom is 0.0698 e. The van der Waals surface area contributed by atoms with E-state index in [1.165, 1.54) is 17.5 Å². The summed E-state index contributed by atoms with van der Waals surface area (Å²) < 4.78 is 0. The highest BCUT2D eigenvalue weighted by Gasteiger charge is 2.30. The molecule has 1 unspecified atom stereocenters. The molecule has 1 fully saturated rings. The number of hydrogen-bond donors (Lipinski definition) is 1. The number of hydrogen-bond acceptors (Lipinski definition) is 3. The number of fused-ring (bicyclic) bond motifs is 1. The van der Waals surface area contributed by atoms with Crippen LogP contribution in [0.3, 0.4) is 0 Å². The van der Waals surface area contributed by atoms with Gasteiger partial charge in [0.1, 0.15) is 0 Å². The lowest BCUT2D eigenvalue weighted by Gasteiger charge is -2.22. The van der Waals surface area contributed by atoms with Crippen molar-refractivity contribution in [2.45, 2.75) is 25.3 Å². The number of nitrogen functional groups attached to an aromatic ring is 1. The second-order valence-electron chi connectivity index (χ2n) is 4.34. The summed E-state index contributed by atoms with van der Waals surface area (Å²) in [5.74, 6) is 0. The average Bonchev–Trinajstić information content (AvgIpc) is 2.82. The molecule has 2 N–H and O–H groups in total. The van der Waals surface area contributed by atoms with Gasteiger partial charge < -0.3 is 5.73 Å². The van der Waals surface area contributed by atoms with Crippen LogP contribution >= 0.6 is 0 Å². The Morgan fingerprint density at radius 2 is 2.33 bits per heavy atom. The number of benzene rings is 1. The van der Waals surface area contributed by atoms with Crippen LogP contribution in [-0.2, 0) is 11.3 Å². The molecule has 2 aliphatic rings. The standard InChI is InChI=1S/C12H16N2O/c13-10-3-4-11-9(8-10)2-5-12(11)14-6-1-7-15-14/h3-4,8,12H,1-2,5-7,13H2. The van der Waals surface area contributed by atoms with E-state index in [2.05, 4.69) is 17.2 Å². The summed E-state index contributed by atoms with van der Waals surface area (Å²) in [5.41, 5.74) is 9.46. The number of hydroxylamine groups is 2. The lowest BCUT2D eigenvalue weighted by atomic mass is 10.1. The Bertz CT molecular complexity index is 372. The third-order valence-corrected chi connectivity index (χ3v) is 3.34. The molecule has 1 atom stereocenters. The Morgan fingerprint density at radius 1 is 1.40 bits per heavy atom. The fraction of sp³-hybridized carbons (Fsp3) is 0.500. The molecular formula is C12H16N2O. The van der Waals surface area contributed by atoms with Crippen LogP contribution in [0.25, 0.3) is 0 Å². The predicted molar refractivity (Wildman–Crippen MR) is 59.2 cm³/mol. The molecule has 80 valence electrons. The Labute approximate surface area is 89.8 Å². The van der Waals surface area contributed by atoms with E-state index in [-0.39, 0.29) is 0 Å². The van der Waals surface area contributed by atoms with Crippen LogP contribution in [0, 0.1) is 0 Å². The summed E-state index contributed by atoms with van der Waals surface area (Å²) in [6.07, 6.45) is 3.45. The van der Waals surface area contributed by atoms with Crippen molar-refractivity contribution < 1.29 is 4.84 Å². The molecule has 1 heterocycles. The average molecular weight is 204 g/mol. The summed E-state index contributed by atoms with van der Waals surface area (Å²) in [6, 6.07) is 6.71. The maximum absolute atomic E-state index is 5.78. The Hall–Kier alpha value is -1.06. The molecule has 1 aromatic rings. The number of nitrogens with two attached hydrogens (primary N) is 1. The van der Waals surface area contributed by atoms with Crippen LogP contribution in [0.2, 0.25) is 0 Å². The molecule has 15 heavy (non-hydrogen) atoms. The molecule has 1 aromatic carbocycles. The van der Waals surface area contributed by atoms with E-state index in [9.17, 15) is 0 Å². The lowest BCUT2D eigenvalue weighted by molar-refractivity contribution is -0.142. The summed E-state index contributed by atoms with van der Waals surface area (Å²) in [7, 11) is 0. The second-order valence-corrected chi connectivity index (χ2v) is 4.34. The van der Waals surface area contributed by atoms with Crippen LogP contribution in [0.4, 0.5) is 5.69 Å². The van der Waals surface area contributed by atoms with Gasteiger partial charge in [-0.05, 0) is 42.5 Å². The van der Waals surface area contributed by atoms with E-state index in [0.29, 0.717) is 6.04 Å². The van der Waals surface area contributed by atoms with E-state index >= 15 is 0 Å². The minimum Gasteiger partial charge on any atom is -0.399 e. The summed E-state index contributed by atoms with van der Waals surface area (Å²) >= 11 is 0. The first-order valence-corrected chi connectivity index (χ1v) is 5.62. The van der Waals surface area contributed by atoms with E-state index in [1.54, 1.807) is 0 Å². The minimum absolute atomic E-state index is 0.461. The largest absolute Gasteiger partial charge is 0.399 e. The number of nitrogens with zero attached hydrogens (tertiary/aromatic N) is 1. The summed E-state index contributed by atoms with van der Waals surface area (Å²) in [5, 5.41) is 2.14. The van der Waals surface area contributed by atoms with Gasteiger partial charge in [0.25, 0.3) is 0 Å². The third kappa shape index (κ3) is 1.52. The van der Waals surface area contributed by atoms with Crippen molar-refractivity contribution in [2.75, 3.05) is 18.9 Å². The zero-order valence-electron chi connectivity index (χ0n) is 8.78. The van der Waals surface area contributed by atoms with Gasteiger partial charge in [-0.25, -0.2) is 0 Å². The Kier molecular flexibility index (Phi) is 2.15. The van der Waals surface area contributed by atoms with Crippen molar-refractivity contribution in [1.82, 2.24) is 5.06 Å². The molecule has 3 nitrogen and oxygen atoms in total. The summed E-state index contributed by atoms with van der Waals surface area (Å²) in [6.45, 7) is 1.94. The number of anilines is 1. The lowest BCUT2D eigenvalue weighted by Crippen LogP contribution is -2.22. The fourth-order valence-corrected chi connectivity index (χ4v) is 2.63. The summed E-state index contributed by atoms with van der Waals surface area (Å²) in [4.78, 5) is 5.63. The van der Waals surface area contributed by atoms with Gasteiger partial charge in [-0.2, -0.15) is 5.06 Å². The molecule has 1 saturated heterocycles. The van der Waals surface area contributed by atoms with Crippen LogP contribution < -0.4 is 5.73 Å². The van der Waals surface area contributed by atoms with E-state index < -0.39 is 0 Å². The first-order valence-electron chi connectivity index (χ1n) is 5.62. The van der Waals surface area contributed by atoms with E-state index in [4.69, 9.17) is 10.6 Å². The first kappa shape index (κ1) is 9.19. The van der Waals surface area contributed by atoms with Crippen molar-refractivity contribution >= 4 is 5.69 Å². The van der Waals surface area contributed by atoms with Crippen LogP contribution in [0.5, 0.6) is 0 Å². The van der Waals surface area contributed by atoms with Crippen LogP contribution in [0.1, 0.15) is 30.0 Å². The van der Waals surface area contributed by atoms with Crippen molar-refractivity contribution in [2.24, 2.45) is 0 Å². The van der Waals surface area contributed by atoms with Gasteiger partial charge in [0.15, 0.2) is 0 Å². The number of aryl methyl sites for hydroxylation is 1. The van der Waals surface area contributed by atoms with Crippen LogP contribution in [0.15, 0.2) is 18.2 Å².